The van der Waals surface area contributed by atoms with Crippen LogP contribution in [0.15, 0.2) is 24.3 Å². The zero-order chi connectivity index (χ0) is 17.2. The van der Waals surface area contributed by atoms with Crippen LogP contribution in [0.25, 0.3) is 0 Å². The van der Waals surface area contributed by atoms with Gasteiger partial charge in [0.05, 0.1) is 0 Å². The fraction of sp³-hybridized carbons (Fsp3) is 0.611. The molecule has 2 unspecified atom stereocenters. The Kier molecular flexibility index (Phi) is 5.13. The molecule has 0 aliphatic carbocycles. The minimum absolute atomic E-state index is 0.0965. The summed E-state index contributed by atoms with van der Waals surface area (Å²) in [7, 11) is 0. The summed E-state index contributed by atoms with van der Waals surface area (Å²) in [5, 5.41) is 6.36. The number of benzene rings is 1. The molecule has 1 amide bonds. The lowest BCUT2D eigenvalue weighted by atomic mass is 9.89. The molecule has 6 heteroatoms. The predicted molar refractivity (Wildman–Crippen MR) is 86.7 cm³/mol. The van der Waals surface area contributed by atoms with E-state index in [4.69, 9.17) is 0 Å². The van der Waals surface area contributed by atoms with E-state index in [1.165, 1.54) is 12.8 Å². The van der Waals surface area contributed by atoms with Crippen molar-refractivity contribution in [2.24, 2.45) is 5.92 Å². The molecule has 1 aromatic rings. The van der Waals surface area contributed by atoms with Gasteiger partial charge >= 0.3 is 6.18 Å². The summed E-state index contributed by atoms with van der Waals surface area (Å²) in [4.78, 5) is 12.3. The van der Waals surface area contributed by atoms with Gasteiger partial charge in [-0.1, -0.05) is 18.2 Å². The third-order valence-electron chi connectivity index (χ3n) is 5.01. The van der Waals surface area contributed by atoms with Crippen LogP contribution >= 0.6 is 0 Å². The van der Waals surface area contributed by atoms with E-state index in [1.54, 1.807) is 24.3 Å². The summed E-state index contributed by atoms with van der Waals surface area (Å²) in [5.41, 5.74) is 1.04. The molecule has 2 atom stereocenters. The van der Waals surface area contributed by atoms with Crippen molar-refractivity contribution in [3.63, 3.8) is 0 Å². The maximum atomic E-state index is 12.4. The molecular weight excluding hydrogens is 317 g/mol. The first kappa shape index (κ1) is 17.3. The standard InChI is InChI=1S/C18H23F3N2O/c19-18(20,21)8-7-13-3-1-2-4-16(13)23-17(24)11-12-9-14-5-6-15(10-12)22-14/h1-4,12,14-15,22H,5-11H2,(H,23,24). The highest BCUT2D eigenvalue weighted by Crippen LogP contribution is 2.33. The molecule has 24 heavy (non-hydrogen) atoms. The van der Waals surface area contributed by atoms with E-state index in [-0.39, 0.29) is 12.3 Å². The van der Waals surface area contributed by atoms with E-state index >= 15 is 0 Å². The Morgan fingerprint density at radius 2 is 1.83 bits per heavy atom. The first-order valence-corrected chi connectivity index (χ1v) is 8.59. The van der Waals surface area contributed by atoms with Crippen LogP contribution < -0.4 is 10.6 Å². The number of hydrogen-bond acceptors (Lipinski definition) is 2. The maximum absolute atomic E-state index is 12.4. The Morgan fingerprint density at radius 3 is 2.50 bits per heavy atom. The predicted octanol–water partition coefficient (Wildman–Crippen LogP) is 4.04. The SMILES string of the molecule is O=C(CC1CC2CCC(C1)N2)Nc1ccccc1CCC(F)(F)F. The quantitative estimate of drug-likeness (QED) is 0.849. The van der Waals surface area contributed by atoms with Gasteiger partial charge in [-0.2, -0.15) is 13.2 Å². The van der Waals surface area contributed by atoms with Crippen LogP contribution in [0.3, 0.4) is 0 Å². The molecule has 2 aliphatic rings. The third kappa shape index (κ3) is 4.72. The lowest BCUT2D eigenvalue weighted by molar-refractivity contribution is -0.133. The van der Waals surface area contributed by atoms with Crippen molar-refractivity contribution in [1.29, 1.82) is 0 Å². The van der Waals surface area contributed by atoms with Crippen molar-refractivity contribution in [3.05, 3.63) is 29.8 Å². The highest BCUT2D eigenvalue weighted by Gasteiger charge is 2.34. The molecule has 2 heterocycles. The second-order valence-electron chi connectivity index (χ2n) is 7.00. The van der Waals surface area contributed by atoms with Crippen LogP contribution in [0.5, 0.6) is 0 Å². The highest BCUT2D eigenvalue weighted by atomic mass is 19.4. The molecule has 0 saturated carbocycles. The van der Waals surface area contributed by atoms with Crippen LogP contribution in [0.4, 0.5) is 18.9 Å². The Hall–Kier alpha value is -1.56. The second kappa shape index (κ2) is 7.13. The molecule has 0 aromatic heterocycles. The van der Waals surface area contributed by atoms with Crippen LogP contribution in [0.2, 0.25) is 0 Å². The van der Waals surface area contributed by atoms with Crippen molar-refractivity contribution in [3.8, 4) is 0 Å². The summed E-state index contributed by atoms with van der Waals surface area (Å²) >= 11 is 0. The number of aryl methyl sites for hydroxylation is 1. The number of amides is 1. The average molecular weight is 340 g/mol. The van der Waals surface area contributed by atoms with Crippen LogP contribution in [0, 0.1) is 5.92 Å². The molecule has 2 aliphatic heterocycles. The molecular formula is C18H23F3N2O. The summed E-state index contributed by atoms with van der Waals surface area (Å²) in [6.07, 6.45) is -0.339. The second-order valence-corrected chi connectivity index (χ2v) is 7.00. The van der Waals surface area contributed by atoms with E-state index in [0.29, 0.717) is 35.7 Å². The van der Waals surface area contributed by atoms with E-state index in [1.807, 2.05) is 0 Å². The highest BCUT2D eigenvalue weighted by molar-refractivity contribution is 5.91. The molecule has 1 aromatic carbocycles. The first-order valence-electron chi connectivity index (χ1n) is 8.59. The van der Waals surface area contributed by atoms with Crippen LogP contribution in [-0.2, 0) is 11.2 Å². The molecule has 0 radical (unpaired) electrons. The monoisotopic (exact) mass is 340 g/mol. The molecule has 132 valence electrons. The number of rotatable bonds is 5. The molecule has 2 N–H and O–H groups in total. The topological polar surface area (TPSA) is 41.1 Å². The van der Waals surface area contributed by atoms with Crippen molar-refractivity contribution >= 4 is 11.6 Å². The van der Waals surface area contributed by atoms with Gasteiger partial charge in [0.2, 0.25) is 5.91 Å². The Labute approximate surface area is 140 Å². The summed E-state index contributed by atoms with van der Waals surface area (Å²) in [6.45, 7) is 0. The molecule has 3 nitrogen and oxygen atoms in total. The minimum atomic E-state index is -4.19. The summed E-state index contributed by atoms with van der Waals surface area (Å²) in [5.74, 6) is 0.270. The van der Waals surface area contributed by atoms with E-state index < -0.39 is 12.6 Å². The molecule has 2 bridgehead atoms. The Morgan fingerprint density at radius 1 is 1.17 bits per heavy atom. The lowest BCUT2D eigenvalue weighted by Gasteiger charge is -2.28. The normalized spacial score (nSPS) is 26.4. The smallest absolute Gasteiger partial charge is 0.326 e. The van der Waals surface area contributed by atoms with Gasteiger partial charge in [0, 0.05) is 30.6 Å². The van der Waals surface area contributed by atoms with Crippen molar-refractivity contribution in [2.75, 3.05) is 5.32 Å². The number of carbonyl (C=O) groups is 1. The number of para-hydroxylation sites is 1. The largest absolute Gasteiger partial charge is 0.389 e. The molecule has 2 saturated heterocycles. The van der Waals surface area contributed by atoms with Gasteiger partial charge in [-0.15, -0.1) is 0 Å². The molecule has 2 fully saturated rings. The van der Waals surface area contributed by atoms with Gasteiger partial charge < -0.3 is 10.6 Å². The van der Waals surface area contributed by atoms with Gasteiger partial charge in [-0.05, 0) is 49.7 Å². The summed E-state index contributed by atoms with van der Waals surface area (Å²) < 4.78 is 37.3. The lowest BCUT2D eigenvalue weighted by Crippen LogP contribution is -2.39. The van der Waals surface area contributed by atoms with E-state index in [2.05, 4.69) is 10.6 Å². The number of piperidine rings is 1. The molecule has 3 rings (SSSR count). The number of halogens is 3. The van der Waals surface area contributed by atoms with Gasteiger partial charge in [-0.3, -0.25) is 4.79 Å². The van der Waals surface area contributed by atoms with Crippen LogP contribution in [-0.4, -0.2) is 24.2 Å². The van der Waals surface area contributed by atoms with Crippen molar-refractivity contribution in [1.82, 2.24) is 5.32 Å². The minimum Gasteiger partial charge on any atom is -0.326 e. The van der Waals surface area contributed by atoms with Crippen molar-refractivity contribution in [2.45, 2.75) is 63.2 Å². The van der Waals surface area contributed by atoms with E-state index in [9.17, 15) is 18.0 Å². The van der Waals surface area contributed by atoms with Gasteiger partial charge in [0.1, 0.15) is 0 Å². The number of anilines is 1. The van der Waals surface area contributed by atoms with E-state index in [0.717, 1.165) is 12.8 Å². The zero-order valence-electron chi connectivity index (χ0n) is 13.5. The number of nitrogens with one attached hydrogen (secondary N) is 2. The van der Waals surface area contributed by atoms with Crippen LogP contribution in [0.1, 0.15) is 44.1 Å². The third-order valence-corrected chi connectivity index (χ3v) is 5.01. The maximum Gasteiger partial charge on any atom is 0.389 e. The van der Waals surface area contributed by atoms with Gasteiger partial charge in [0.25, 0.3) is 0 Å². The fourth-order valence-electron chi connectivity index (χ4n) is 3.94. The summed E-state index contributed by atoms with van der Waals surface area (Å²) in [6, 6.07) is 7.81. The van der Waals surface area contributed by atoms with Gasteiger partial charge in [0.15, 0.2) is 0 Å². The van der Waals surface area contributed by atoms with Gasteiger partial charge in [-0.25, -0.2) is 0 Å². The number of alkyl halides is 3. The molecule has 0 spiro atoms. The number of carbonyl (C=O) groups excluding carboxylic acids is 1. The number of fused-ring (bicyclic) bond motifs is 2. The number of hydrogen-bond donors (Lipinski definition) is 2. The first-order chi connectivity index (χ1) is 11.4. The average Bonchev–Trinajstić information content (AvgIpc) is 2.84. The zero-order valence-corrected chi connectivity index (χ0v) is 13.5. The Balaban J connectivity index is 1.56. The Bertz CT molecular complexity index is 576. The fourth-order valence-corrected chi connectivity index (χ4v) is 3.94. The van der Waals surface area contributed by atoms with Crippen molar-refractivity contribution < 1.29 is 18.0 Å².